The second kappa shape index (κ2) is 14.1. The maximum absolute atomic E-state index is 13.6. The van der Waals surface area contributed by atoms with Crippen LogP contribution in [0.2, 0.25) is 0 Å². The molecule has 0 aliphatic carbocycles. The predicted molar refractivity (Wildman–Crippen MR) is 157 cm³/mol. The first kappa shape index (κ1) is 29.4. The molecule has 0 aliphatic heterocycles. The number of hydrogen-bond donors (Lipinski definition) is 0. The number of carbonyl (C=O) groups excluding carboxylic acids is 1. The highest BCUT2D eigenvalue weighted by Gasteiger charge is 2.21. The van der Waals surface area contributed by atoms with E-state index in [0.717, 1.165) is 68.1 Å². The van der Waals surface area contributed by atoms with Gasteiger partial charge in [0.15, 0.2) is 5.65 Å². The molecule has 0 aliphatic rings. The molecule has 2 aromatic heterocycles. The molecule has 1 aromatic carbocycles. The summed E-state index contributed by atoms with van der Waals surface area (Å²) >= 11 is 0. The second-order valence-electron chi connectivity index (χ2n) is 10.6. The number of rotatable bonds is 14. The highest BCUT2D eigenvalue weighted by molar-refractivity contribution is 5.93. The van der Waals surface area contributed by atoms with Crippen LogP contribution in [0.4, 0.5) is 0 Å². The predicted octanol–water partition coefficient (Wildman–Crippen LogP) is 6.29. The van der Waals surface area contributed by atoms with Crippen LogP contribution in [0, 0.1) is 11.8 Å². The minimum Gasteiger partial charge on any atom is -0.497 e. The number of ether oxygens (including phenoxy) is 1. The Bertz CT molecular complexity index is 1180. The average Bonchev–Trinajstić information content (AvgIpc) is 3.28. The minimum atomic E-state index is -0.0148. The van der Waals surface area contributed by atoms with E-state index in [4.69, 9.17) is 14.8 Å². The van der Waals surface area contributed by atoms with Crippen molar-refractivity contribution >= 4 is 17.6 Å². The highest BCUT2D eigenvalue weighted by Crippen LogP contribution is 2.28. The van der Waals surface area contributed by atoms with Gasteiger partial charge in [-0.15, -0.1) is 0 Å². The van der Waals surface area contributed by atoms with Gasteiger partial charge in [-0.3, -0.25) is 4.79 Å². The summed E-state index contributed by atoms with van der Waals surface area (Å²) in [6, 6.07) is 9.68. The summed E-state index contributed by atoms with van der Waals surface area (Å²) in [6.45, 7) is 17.4. The third-order valence-corrected chi connectivity index (χ3v) is 6.89. The number of nitrogens with zero attached hydrogens (tertiary/aromatic N) is 5. The normalized spacial score (nSPS) is 11.9. The van der Waals surface area contributed by atoms with Crippen LogP contribution in [-0.4, -0.2) is 70.1 Å². The number of benzene rings is 1. The molecule has 0 saturated carbocycles. The van der Waals surface area contributed by atoms with Crippen molar-refractivity contribution in [1.29, 1.82) is 0 Å². The van der Waals surface area contributed by atoms with Crippen LogP contribution < -0.4 is 4.74 Å². The lowest BCUT2D eigenvalue weighted by Gasteiger charge is -2.24. The van der Waals surface area contributed by atoms with Gasteiger partial charge in [-0.25, -0.2) is 9.50 Å². The first-order valence-electron chi connectivity index (χ1n) is 14.0. The molecule has 38 heavy (non-hydrogen) atoms. The number of fused-ring (bicyclic) bond motifs is 1. The maximum atomic E-state index is 13.6. The van der Waals surface area contributed by atoms with Crippen molar-refractivity contribution in [3.05, 3.63) is 53.9 Å². The quantitative estimate of drug-likeness (QED) is 0.250. The summed E-state index contributed by atoms with van der Waals surface area (Å²) < 4.78 is 7.12. The molecule has 7 nitrogen and oxygen atoms in total. The molecule has 0 bridgehead atoms. The van der Waals surface area contributed by atoms with Crippen molar-refractivity contribution in [2.75, 3.05) is 39.8 Å². The van der Waals surface area contributed by atoms with Crippen LogP contribution in [0.15, 0.2) is 42.6 Å². The Morgan fingerprint density at radius 1 is 1.00 bits per heavy atom. The fourth-order valence-corrected chi connectivity index (χ4v) is 4.29. The molecule has 0 fully saturated rings. The molecule has 2 heterocycles. The van der Waals surface area contributed by atoms with Crippen molar-refractivity contribution in [3.8, 4) is 17.0 Å². The van der Waals surface area contributed by atoms with Gasteiger partial charge in [0.1, 0.15) is 17.1 Å². The van der Waals surface area contributed by atoms with E-state index in [2.05, 4.69) is 58.6 Å². The topological polar surface area (TPSA) is 63.0 Å². The van der Waals surface area contributed by atoms with Crippen LogP contribution in [0.1, 0.15) is 70.4 Å². The van der Waals surface area contributed by atoms with Crippen molar-refractivity contribution in [2.24, 2.45) is 11.8 Å². The van der Waals surface area contributed by atoms with Crippen LogP contribution >= 0.6 is 0 Å². The molecule has 0 N–H and O–H groups in total. The highest BCUT2D eigenvalue weighted by atomic mass is 16.5. The van der Waals surface area contributed by atoms with Gasteiger partial charge in [0.05, 0.1) is 7.11 Å². The monoisotopic (exact) mass is 519 g/mol. The lowest BCUT2D eigenvalue weighted by Crippen LogP contribution is -2.34. The Morgan fingerprint density at radius 2 is 1.63 bits per heavy atom. The molecule has 1 amide bonds. The fraction of sp³-hybridized carbons (Fsp3) is 0.516. The van der Waals surface area contributed by atoms with Crippen molar-refractivity contribution in [2.45, 2.75) is 54.4 Å². The zero-order chi connectivity index (χ0) is 27.7. The first-order valence-corrected chi connectivity index (χ1v) is 14.0. The number of methoxy groups -OCH3 is 1. The maximum Gasteiger partial charge on any atom is 0.272 e. The van der Waals surface area contributed by atoms with E-state index in [1.807, 2.05) is 35.4 Å². The summed E-state index contributed by atoms with van der Waals surface area (Å²) in [4.78, 5) is 22.9. The van der Waals surface area contributed by atoms with Crippen molar-refractivity contribution < 1.29 is 9.53 Å². The SMILES string of the molecule is CCN(CC)CC=Cc1c(-c2ccc(OC)cc2)nn2ccc(C(=O)N(CCC(C)C)CCC(C)C)nc12. The lowest BCUT2D eigenvalue weighted by atomic mass is 10.1. The molecule has 0 unspecified atom stereocenters. The molecule has 7 heteroatoms. The number of amides is 1. The van der Waals surface area contributed by atoms with Crippen molar-refractivity contribution in [3.63, 3.8) is 0 Å². The van der Waals surface area contributed by atoms with Gasteiger partial charge < -0.3 is 14.5 Å². The third kappa shape index (κ3) is 7.67. The second-order valence-corrected chi connectivity index (χ2v) is 10.6. The van der Waals surface area contributed by atoms with Crippen LogP contribution in [0.25, 0.3) is 23.0 Å². The number of aromatic nitrogens is 3. The fourth-order valence-electron chi connectivity index (χ4n) is 4.29. The van der Waals surface area contributed by atoms with Gasteiger partial charge in [-0.05, 0) is 68.1 Å². The Hall–Kier alpha value is -3.19. The average molecular weight is 520 g/mol. The zero-order valence-corrected chi connectivity index (χ0v) is 24.3. The molecule has 0 saturated heterocycles. The van der Waals surface area contributed by atoms with E-state index >= 15 is 0 Å². The molecule has 3 aromatic rings. The molecule has 0 atom stereocenters. The van der Waals surface area contributed by atoms with E-state index in [-0.39, 0.29) is 5.91 Å². The molecular formula is C31H45N5O2. The smallest absolute Gasteiger partial charge is 0.272 e. The van der Waals surface area contributed by atoms with Crippen LogP contribution in [0.5, 0.6) is 5.75 Å². The van der Waals surface area contributed by atoms with Gasteiger partial charge in [-0.2, -0.15) is 5.10 Å². The molecule has 206 valence electrons. The number of carbonyl (C=O) groups is 1. The number of likely N-dealkylation sites (N-methyl/N-ethyl adjacent to an activating group) is 1. The zero-order valence-electron chi connectivity index (χ0n) is 24.3. The van der Waals surface area contributed by atoms with Crippen LogP contribution in [-0.2, 0) is 0 Å². The van der Waals surface area contributed by atoms with E-state index in [1.165, 1.54) is 0 Å². The first-order chi connectivity index (χ1) is 18.3. The summed E-state index contributed by atoms with van der Waals surface area (Å²) in [5.41, 5.74) is 3.86. The molecule has 3 rings (SSSR count). The van der Waals surface area contributed by atoms with E-state index in [1.54, 1.807) is 17.7 Å². The van der Waals surface area contributed by atoms with E-state index in [0.29, 0.717) is 23.2 Å². The van der Waals surface area contributed by atoms with Gasteiger partial charge in [0.25, 0.3) is 5.91 Å². The Morgan fingerprint density at radius 3 is 2.18 bits per heavy atom. The van der Waals surface area contributed by atoms with E-state index < -0.39 is 0 Å². The molecule has 0 spiro atoms. The molecule has 0 radical (unpaired) electrons. The van der Waals surface area contributed by atoms with Gasteiger partial charge in [0, 0.05) is 37.0 Å². The Balaban J connectivity index is 2.03. The molecular weight excluding hydrogens is 474 g/mol. The largest absolute Gasteiger partial charge is 0.497 e. The summed E-state index contributed by atoms with van der Waals surface area (Å²) in [5, 5.41) is 4.86. The standard InChI is InChI=1S/C31H45N5O2/c1-8-34(9-2)19-10-11-27-29(25-12-14-26(38-7)15-13-25)33-36-22-18-28(32-30(27)36)31(37)35(20-16-23(3)4)21-17-24(5)6/h10-15,18,22-24H,8-9,16-17,19-21H2,1-7H3. The van der Waals surface area contributed by atoms with Crippen molar-refractivity contribution in [1.82, 2.24) is 24.4 Å². The summed E-state index contributed by atoms with van der Waals surface area (Å²) in [7, 11) is 1.66. The Kier molecular flexibility index (Phi) is 10.9. The lowest BCUT2D eigenvalue weighted by molar-refractivity contribution is 0.0735. The van der Waals surface area contributed by atoms with Gasteiger partial charge >= 0.3 is 0 Å². The van der Waals surface area contributed by atoms with E-state index in [9.17, 15) is 4.79 Å². The minimum absolute atomic E-state index is 0.0148. The number of hydrogen-bond acceptors (Lipinski definition) is 5. The van der Waals surface area contributed by atoms with Crippen LogP contribution in [0.3, 0.4) is 0 Å². The third-order valence-electron chi connectivity index (χ3n) is 6.89. The Labute approximate surface area is 228 Å². The van der Waals surface area contributed by atoms with Gasteiger partial charge in [0.2, 0.25) is 0 Å². The summed E-state index contributed by atoms with van der Waals surface area (Å²) in [5.74, 6) is 1.84. The summed E-state index contributed by atoms with van der Waals surface area (Å²) in [6.07, 6.45) is 8.05. The van der Waals surface area contributed by atoms with Gasteiger partial charge in [-0.1, -0.05) is 53.7 Å².